The van der Waals surface area contributed by atoms with Gasteiger partial charge < -0.3 is 10.6 Å². The Morgan fingerprint density at radius 2 is 2.10 bits per heavy atom. The van der Waals surface area contributed by atoms with Gasteiger partial charge in [0.05, 0.1) is 11.3 Å². The van der Waals surface area contributed by atoms with Crippen molar-refractivity contribution in [3.05, 3.63) is 58.4 Å². The highest BCUT2D eigenvalue weighted by Crippen LogP contribution is 2.34. The van der Waals surface area contributed by atoms with Crippen LogP contribution in [0.1, 0.15) is 17.2 Å². The van der Waals surface area contributed by atoms with Crippen molar-refractivity contribution in [1.82, 2.24) is 0 Å². The predicted molar refractivity (Wildman–Crippen MR) is 77.6 cm³/mol. The number of amides is 1. The van der Waals surface area contributed by atoms with Gasteiger partial charge in [-0.05, 0) is 30.3 Å². The summed E-state index contributed by atoms with van der Waals surface area (Å²) in [5.74, 6) is -0.727. The fourth-order valence-corrected chi connectivity index (χ4v) is 2.44. The van der Waals surface area contributed by atoms with Gasteiger partial charge >= 0.3 is 0 Å². The second kappa shape index (κ2) is 5.08. The molecule has 0 radical (unpaired) electrons. The summed E-state index contributed by atoms with van der Waals surface area (Å²) >= 11 is 5.92. The van der Waals surface area contributed by atoms with Crippen LogP contribution in [0.3, 0.4) is 0 Å². The molecule has 0 aliphatic carbocycles. The van der Waals surface area contributed by atoms with Crippen molar-refractivity contribution >= 4 is 28.9 Å². The minimum absolute atomic E-state index is 0.306. The maximum atomic E-state index is 13.2. The fourth-order valence-electron chi connectivity index (χ4n) is 2.27. The number of benzene rings is 2. The van der Waals surface area contributed by atoms with Gasteiger partial charge in [-0.25, -0.2) is 4.39 Å². The SMILES string of the molecule is N#Cc1ccc(Cl)cc1NC1C(=O)Nc2cc(F)ccc21. The minimum atomic E-state index is -0.689. The molecule has 3 rings (SSSR count). The Hall–Kier alpha value is -2.58. The normalized spacial score (nSPS) is 16.0. The molecule has 1 atom stereocenters. The standard InChI is InChI=1S/C15H9ClFN3O/c16-9-2-1-8(7-18)12(5-9)19-14-11-4-3-10(17)6-13(11)20-15(14)21/h1-6,14,19H,(H,20,21). The molecular formula is C15H9ClFN3O. The lowest BCUT2D eigenvalue weighted by Gasteiger charge is -2.14. The number of hydrogen-bond acceptors (Lipinski definition) is 3. The molecule has 2 N–H and O–H groups in total. The van der Waals surface area contributed by atoms with Crippen LogP contribution in [0.15, 0.2) is 36.4 Å². The first-order valence-corrected chi connectivity index (χ1v) is 6.53. The number of nitrogens with zero attached hydrogens (tertiary/aromatic N) is 1. The number of anilines is 2. The van der Waals surface area contributed by atoms with Crippen LogP contribution in [0.2, 0.25) is 5.02 Å². The number of halogens is 2. The van der Waals surface area contributed by atoms with Crippen LogP contribution in [0.25, 0.3) is 0 Å². The van der Waals surface area contributed by atoms with E-state index < -0.39 is 11.9 Å². The summed E-state index contributed by atoms with van der Waals surface area (Å²) < 4.78 is 13.2. The highest BCUT2D eigenvalue weighted by Gasteiger charge is 2.31. The molecule has 0 fully saturated rings. The third kappa shape index (κ3) is 2.41. The Bertz CT molecular complexity index is 785. The highest BCUT2D eigenvalue weighted by atomic mass is 35.5. The molecule has 1 heterocycles. The molecule has 21 heavy (non-hydrogen) atoms. The van der Waals surface area contributed by atoms with E-state index in [1.807, 2.05) is 6.07 Å². The third-order valence-corrected chi connectivity index (χ3v) is 3.48. The van der Waals surface area contributed by atoms with E-state index in [4.69, 9.17) is 16.9 Å². The number of nitriles is 1. The Morgan fingerprint density at radius 1 is 1.29 bits per heavy atom. The quantitative estimate of drug-likeness (QED) is 0.893. The van der Waals surface area contributed by atoms with E-state index >= 15 is 0 Å². The number of nitrogens with one attached hydrogen (secondary N) is 2. The maximum Gasteiger partial charge on any atom is 0.251 e. The van der Waals surface area contributed by atoms with Gasteiger partial charge in [-0.2, -0.15) is 5.26 Å². The van der Waals surface area contributed by atoms with Crippen molar-refractivity contribution < 1.29 is 9.18 Å². The lowest BCUT2D eigenvalue weighted by atomic mass is 10.1. The molecular weight excluding hydrogens is 293 g/mol. The van der Waals surface area contributed by atoms with Gasteiger partial charge in [0.25, 0.3) is 5.91 Å². The van der Waals surface area contributed by atoms with Crippen molar-refractivity contribution in [1.29, 1.82) is 5.26 Å². The fraction of sp³-hybridized carbons (Fsp3) is 0.0667. The van der Waals surface area contributed by atoms with E-state index in [1.54, 1.807) is 18.2 Å². The van der Waals surface area contributed by atoms with Crippen molar-refractivity contribution in [3.8, 4) is 6.07 Å². The average molecular weight is 302 g/mol. The van der Waals surface area contributed by atoms with Crippen molar-refractivity contribution in [2.45, 2.75) is 6.04 Å². The first-order valence-electron chi connectivity index (χ1n) is 6.15. The Kier molecular flexibility index (Phi) is 3.24. The monoisotopic (exact) mass is 301 g/mol. The molecule has 2 aromatic rings. The number of carbonyl (C=O) groups excluding carboxylic acids is 1. The summed E-state index contributed by atoms with van der Waals surface area (Å²) in [6.07, 6.45) is 0. The van der Waals surface area contributed by atoms with E-state index in [0.29, 0.717) is 27.5 Å². The summed E-state index contributed by atoms with van der Waals surface area (Å²) in [5.41, 5.74) is 1.90. The summed E-state index contributed by atoms with van der Waals surface area (Å²) in [6.45, 7) is 0. The molecule has 6 heteroatoms. The van der Waals surface area contributed by atoms with Gasteiger partial charge in [-0.1, -0.05) is 17.7 Å². The largest absolute Gasteiger partial charge is 0.369 e. The lowest BCUT2D eigenvalue weighted by molar-refractivity contribution is -0.116. The molecule has 4 nitrogen and oxygen atoms in total. The molecule has 1 amide bonds. The Morgan fingerprint density at radius 3 is 2.86 bits per heavy atom. The lowest BCUT2D eigenvalue weighted by Crippen LogP contribution is -2.20. The van der Waals surface area contributed by atoms with Gasteiger partial charge in [-0.15, -0.1) is 0 Å². The zero-order valence-corrected chi connectivity index (χ0v) is 11.4. The second-order valence-corrected chi connectivity index (χ2v) is 5.04. The van der Waals surface area contributed by atoms with Crippen LogP contribution < -0.4 is 10.6 Å². The Balaban J connectivity index is 1.99. The van der Waals surface area contributed by atoms with Crippen LogP contribution in [-0.2, 0) is 4.79 Å². The summed E-state index contributed by atoms with van der Waals surface area (Å²) in [7, 11) is 0. The van der Waals surface area contributed by atoms with Crippen LogP contribution in [-0.4, -0.2) is 5.91 Å². The molecule has 0 saturated carbocycles. The molecule has 0 bridgehead atoms. The maximum absolute atomic E-state index is 13.2. The van der Waals surface area contributed by atoms with Crippen LogP contribution in [0.5, 0.6) is 0 Å². The van der Waals surface area contributed by atoms with Gasteiger partial charge in [0.15, 0.2) is 0 Å². The van der Waals surface area contributed by atoms with Crippen molar-refractivity contribution in [3.63, 3.8) is 0 Å². The molecule has 0 spiro atoms. The smallest absolute Gasteiger partial charge is 0.251 e. The number of rotatable bonds is 2. The summed E-state index contributed by atoms with van der Waals surface area (Å²) in [4.78, 5) is 12.0. The molecule has 0 saturated heterocycles. The second-order valence-electron chi connectivity index (χ2n) is 4.60. The minimum Gasteiger partial charge on any atom is -0.369 e. The van der Waals surface area contributed by atoms with E-state index in [-0.39, 0.29) is 5.91 Å². The van der Waals surface area contributed by atoms with Gasteiger partial charge in [0.1, 0.15) is 17.9 Å². The van der Waals surface area contributed by atoms with Gasteiger partial charge in [-0.3, -0.25) is 4.79 Å². The topological polar surface area (TPSA) is 64.9 Å². The molecule has 104 valence electrons. The van der Waals surface area contributed by atoms with Crippen LogP contribution >= 0.6 is 11.6 Å². The molecule has 1 aliphatic rings. The van der Waals surface area contributed by atoms with Gasteiger partial charge in [0.2, 0.25) is 0 Å². The van der Waals surface area contributed by atoms with E-state index in [9.17, 15) is 9.18 Å². The highest BCUT2D eigenvalue weighted by molar-refractivity contribution is 6.30. The zero-order chi connectivity index (χ0) is 15.0. The average Bonchev–Trinajstić information content (AvgIpc) is 2.74. The van der Waals surface area contributed by atoms with Crippen LogP contribution in [0.4, 0.5) is 15.8 Å². The predicted octanol–water partition coefficient (Wildman–Crippen LogP) is 3.46. The first kappa shape index (κ1) is 13.4. The Labute approximate surface area is 125 Å². The number of hydrogen-bond donors (Lipinski definition) is 2. The summed E-state index contributed by atoms with van der Waals surface area (Å²) in [6, 6.07) is 10.2. The molecule has 1 aliphatic heterocycles. The zero-order valence-electron chi connectivity index (χ0n) is 10.7. The number of fused-ring (bicyclic) bond motifs is 1. The van der Waals surface area contributed by atoms with E-state index in [2.05, 4.69) is 10.6 Å². The third-order valence-electron chi connectivity index (χ3n) is 3.25. The van der Waals surface area contributed by atoms with E-state index in [1.165, 1.54) is 18.2 Å². The van der Waals surface area contributed by atoms with Crippen molar-refractivity contribution in [2.75, 3.05) is 10.6 Å². The first-order chi connectivity index (χ1) is 10.1. The van der Waals surface area contributed by atoms with Crippen LogP contribution in [0, 0.1) is 17.1 Å². The van der Waals surface area contributed by atoms with Gasteiger partial charge in [0, 0.05) is 16.3 Å². The molecule has 0 aromatic heterocycles. The summed E-state index contributed by atoms with van der Waals surface area (Å²) in [5, 5.41) is 15.1. The molecule has 1 unspecified atom stereocenters. The van der Waals surface area contributed by atoms with E-state index in [0.717, 1.165) is 0 Å². The number of carbonyl (C=O) groups is 1. The molecule has 2 aromatic carbocycles. The van der Waals surface area contributed by atoms with Crippen molar-refractivity contribution in [2.24, 2.45) is 0 Å².